The summed E-state index contributed by atoms with van der Waals surface area (Å²) in [6.07, 6.45) is 0. The number of benzene rings is 2. The normalized spacial score (nSPS) is 10.2. The Morgan fingerprint density at radius 1 is 1.08 bits per heavy atom. The standard InChI is InChI=1S/C18H21ClN2O3/c1-2-23-11-12-24-15-9-7-14(8-10-15)20-13-18(22)21-17-6-4-3-5-16(17)19/h3-10,20H,2,11-13H2,1H3,(H,21,22). The van der Waals surface area contributed by atoms with Gasteiger partial charge >= 0.3 is 0 Å². The molecule has 0 atom stereocenters. The van der Waals surface area contributed by atoms with Gasteiger partial charge in [-0.3, -0.25) is 4.79 Å². The number of rotatable bonds is 9. The number of anilines is 2. The molecule has 0 unspecified atom stereocenters. The van der Waals surface area contributed by atoms with Crippen LogP contribution in [0.1, 0.15) is 6.92 Å². The summed E-state index contributed by atoms with van der Waals surface area (Å²) in [5, 5.41) is 6.33. The van der Waals surface area contributed by atoms with E-state index in [2.05, 4.69) is 10.6 Å². The lowest BCUT2D eigenvalue weighted by molar-refractivity contribution is -0.114. The van der Waals surface area contributed by atoms with Crippen LogP contribution in [0, 0.1) is 0 Å². The van der Waals surface area contributed by atoms with Crippen molar-refractivity contribution in [3.05, 3.63) is 53.6 Å². The Morgan fingerprint density at radius 3 is 2.54 bits per heavy atom. The van der Waals surface area contributed by atoms with E-state index in [4.69, 9.17) is 21.1 Å². The van der Waals surface area contributed by atoms with E-state index in [-0.39, 0.29) is 12.5 Å². The van der Waals surface area contributed by atoms with Gasteiger partial charge in [0.25, 0.3) is 0 Å². The number of carbonyl (C=O) groups is 1. The van der Waals surface area contributed by atoms with Crippen molar-refractivity contribution < 1.29 is 14.3 Å². The molecule has 128 valence electrons. The predicted molar refractivity (Wildman–Crippen MR) is 97.0 cm³/mol. The first-order valence-electron chi connectivity index (χ1n) is 7.78. The number of carbonyl (C=O) groups excluding carboxylic acids is 1. The molecule has 2 rings (SSSR count). The summed E-state index contributed by atoms with van der Waals surface area (Å²) in [7, 11) is 0. The second-order valence-electron chi connectivity index (χ2n) is 4.95. The number of nitrogens with one attached hydrogen (secondary N) is 2. The first-order chi connectivity index (χ1) is 11.7. The molecule has 0 saturated carbocycles. The molecule has 24 heavy (non-hydrogen) atoms. The zero-order chi connectivity index (χ0) is 17.2. The highest BCUT2D eigenvalue weighted by molar-refractivity contribution is 6.33. The second-order valence-corrected chi connectivity index (χ2v) is 5.36. The van der Waals surface area contributed by atoms with E-state index in [1.165, 1.54) is 0 Å². The lowest BCUT2D eigenvalue weighted by Crippen LogP contribution is -2.21. The molecule has 1 amide bonds. The Balaban J connectivity index is 1.75. The van der Waals surface area contributed by atoms with Crippen LogP contribution in [0.2, 0.25) is 5.02 Å². The number of hydrogen-bond donors (Lipinski definition) is 2. The molecule has 2 aromatic rings. The molecular formula is C18H21ClN2O3. The van der Waals surface area contributed by atoms with Crippen molar-refractivity contribution in [1.29, 1.82) is 0 Å². The maximum absolute atomic E-state index is 11.9. The van der Waals surface area contributed by atoms with Gasteiger partial charge in [-0.15, -0.1) is 0 Å². The van der Waals surface area contributed by atoms with Crippen molar-refractivity contribution in [2.75, 3.05) is 37.0 Å². The second kappa shape index (κ2) is 9.80. The molecule has 2 aromatic carbocycles. The fraction of sp³-hybridized carbons (Fsp3) is 0.278. The van der Waals surface area contributed by atoms with Crippen LogP contribution in [-0.2, 0) is 9.53 Å². The van der Waals surface area contributed by atoms with Gasteiger partial charge < -0.3 is 20.1 Å². The van der Waals surface area contributed by atoms with Crippen molar-refractivity contribution in [3.63, 3.8) is 0 Å². The van der Waals surface area contributed by atoms with Gasteiger partial charge in [0.2, 0.25) is 5.91 Å². The summed E-state index contributed by atoms with van der Waals surface area (Å²) in [5.41, 5.74) is 1.44. The average Bonchev–Trinajstić information content (AvgIpc) is 2.60. The largest absolute Gasteiger partial charge is 0.491 e. The number of halogens is 1. The average molecular weight is 349 g/mol. The maximum Gasteiger partial charge on any atom is 0.243 e. The van der Waals surface area contributed by atoms with Gasteiger partial charge in [0.05, 0.1) is 23.9 Å². The highest BCUT2D eigenvalue weighted by Gasteiger charge is 2.05. The quantitative estimate of drug-likeness (QED) is 0.677. The van der Waals surface area contributed by atoms with Crippen LogP contribution >= 0.6 is 11.6 Å². The lowest BCUT2D eigenvalue weighted by atomic mass is 10.3. The van der Waals surface area contributed by atoms with E-state index < -0.39 is 0 Å². The van der Waals surface area contributed by atoms with Gasteiger partial charge in [0, 0.05) is 12.3 Å². The molecule has 0 aliphatic heterocycles. The molecule has 0 saturated heterocycles. The minimum Gasteiger partial charge on any atom is -0.491 e. The lowest BCUT2D eigenvalue weighted by Gasteiger charge is -2.10. The smallest absolute Gasteiger partial charge is 0.243 e. The summed E-state index contributed by atoms with van der Waals surface area (Å²) in [5.74, 6) is 0.598. The minimum atomic E-state index is -0.167. The van der Waals surface area contributed by atoms with Gasteiger partial charge in [-0.05, 0) is 43.3 Å². The number of para-hydroxylation sites is 1. The maximum atomic E-state index is 11.9. The van der Waals surface area contributed by atoms with Gasteiger partial charge in [0.15, 0.2) is 0 Å². The van der Waals surface area contributed by atoms with E-state index in [9.17, 15) is 4.79 Å². The molecule has 0 radical (unpaired) electrons. The summed E-state index contributed by atoms with van der Waals surface area (Å²) >= 11 is 6.01. The first kappa shape index (κ1) is 18.1. The third-order valence-corrected chi connectivity index (χ3v) is 3.49. The molecule has 0 bridgehead atoms. The molecular weight excluding hydrogens is 328 g/mol. The fourth-order valence-electron chi connectivity index (χ4n) is 1.97. The highest BCUT2D eigenvalue weighted by Crippen LogP contribution is 2.20. The van der Waals surface area contributed by atoms with E-state index in [1.54, 1.807) is 12.1 Å². The SMILES string of the molecule is CCOCCOc1ccc(NCC(=O)Nc2ccccc2Cl)cc1. The monoisotopic (exact) mass is 348 g/mol. The zero-order valence-electron chi connectivity index (χ0n) is 13.5. The molecule has 0 aliphatic carbocycles. The van der Waals surface area contributed by atoms with Gasteiger partial charge in [0.1, 0.15) is 12.4 Å². The van der Waals surface area contributed by atoms with Crippen molar-refractivity contribution in [2.24, 2.45) is 0 Å². The van der Waals surface area contributed by atoms with Gasteiger partial charge in [-0.2, -0.15) is 0 Å². The fourth-order valence-corrected chi connectivity index (χ4v) is 2.15. The summed E-state index contributed by atoms with van der Waals surface area (Å²) in [4.78, 5) is 11.9. The predicted octanol–water partition coefficient (Wildman–Crippen LogP) is 3.81. The van der Waals surface area contributed by atoms with Gasteiger partial charge in [-0.25, -0.2) is 0 Å². The van der Waals surface area contributed by atoms with Crippen LogP contribution in [0.3, 0.4) is 0 Å². The Labute approximate surface area is 146 Å². The Hall–Kier alpha value is -2.24. The third-order valence-electron chi connectivity index (χ3n) is 3.16. The van der Waals surface area contributed by atoms with Crippen LogP contribution in [0.4, 0.5) is 11.4 Å². The van der Waals surface area contributed by atoms with Crippen molar-refractivity contribution in [3.8, 4) is 5.75 Å². The van der Waals surface area contributed by atoms with Crippen molar-refractivity contribution in [2.45, 2.75) is 6.92 Å². The first-order valence-corrected chi connectivity index (χ1v) is 8.15. The summed E-state index contributed by atoms with van der Waals surface area (Å²) in [6.45, 7) is 3.86. The number of hydrogen-bond acceptors (Lipinski definition) is 4. The Morgan fingerprint density at radius 2 is 1.83 bits per heavy atom. The van der Waals surface area contributed by atoms with Crippen LogP contribution in [-0.4, -0.2) is 32.3 Å². The third kappa shape index (κ3) is 6.10. The van der Waals surface area contributed by atoms with E-state index in [0.29, 0.717) is 30.5 Å². The van der Waals surface area contributed by atoms with Crippen molar-refractivity contribution in [1.82, 2.24) is 0 Å². The number of amides is 1. The molecule has 0 heterocycles. The Bertz CT molecular complexity index is 647. The molecule has 0 aliphatic rings. The van der Waals surface area contributed by atoms with E-state index in [0.717, 1.165) is 11.4 Å². The molecule has 0 aromatic heterocycles. The number of ether oxygens (including phenoxy) is 2. The Kier molecular flexibility index (Phi) is 7.39. The molecule has 5 nitrogen and oxygen atoms in total. The molecule has 0 spiro atoms. The topological polar surface area (TPSA) is 59.6 Å². The van der Waals surface area contributed by atoms with Crippen LogP contribution in [0.25, 0.3) is 0 Å². The van der Waals surface area contributed by atoms with Gasteiger partial charge in [-0.1, -0.05) is 23.7 Å². The minimum absolute atomic E-state index is 0.149. The molecule has 2 N–H and O–H groups in total. The van der Waals surface area contributed by atoms with Crippen LogP contribution in [0.15, 0.2) is 48.5 Å². The highest BCUT2D eigenvalue weighted by atomic mass is 35.5. The summed E-state index contributed by atoms with van der Waals surface area (Å²) in [6, 6.07) is 14.5. The zero-order valence-corrected chi connectivity index (χ0v) is 14.3. The molecule has 6 heteroatoms. The van der Waals surface area contributed by atoms with Crippen LogP contribution < -0.4 is 15.4 Å². The molecule has 0 fully saturated rings. The van der Waals surface area contributed by atoms with Crippen LogP contribution in [0.5, 0.6) is 5.75 Å². The summed E-state index contributed by atoms with van der Waals surface area (Å²) < 4.78 is 10.7. The van der Waals surface area contributed by atoms with E-state index in [1.807, 2.05) is 43.3 Å². The van der Waals surface area contributed by atoms with E-state index >= 15 is 0 Å². The van der Waals surface area contributed by atoms with Crippen molar-refractivity contribution >= 4 is 28.9 Å².